The highest BCUT2D eigenvalue weighted by Gasteiger charge is 2.33. The summed E-state index contributed by atoms with van der Waals surface area (Å²) in [6, 6.07) is 0.149. The molecule has 0 radical (unpaired) electrons. The highest BCUT2D eigenvalue weighted by molar-refractivity contribution is 5.77. The van der Waals surface area contributed by atoms with Gasteiger partial charge in [-0.2, -0.15) is 5.10 Å². The van der Waals surface area contributed by atoms with Crippen molar-refractivity contribution in [2.24, 2.45) is 0 Å². The fourth-order valence-corrected chi connectivity index (χ4v) is 2.27. The first kappa shape index (κ1) is 14.6. The predicted molar refractivity (Wildman–Crippen MR) is 73.5 cm³/mol. The van der Waals surface area contributed by atoms with Gasteiger partial charge < -0.3 is 4.74 Å². The number of amides is 1. The van der Waals surface area contributed by atoms with E-state index in [1.54, 1.807) is 4.90 Å². The first-order valence-corrected chi connectivity index (χ1v) is 6.76. The third-order valence-electron chi connectivity index (χ3n) is 3.09. The lowest BCUT2D eigenvalue weighted by Crippen LogP contribution is -2.34. The van der Waals surface area contributed by atoms with Gasteiger partial charge in [0.25, 0.3) is 0 Å². The van der Waals surface area contributed by atoms with Crippen molar-refractivity contribution in [2.45, 2.75) is 59.4 Å². The second-order valence-corrected chi connectivity index (χ2v) is 6.30. The molecule has 0 atom stereocenters. The molecule has 1 aromatic rings. The Labute approximate surface area is 118 Å². The number of rotatable bonds is 2. The van der Waals surface area contributed by atoms with Crippen LogP contribution >= 0.6 is 0 Å². The molecule has 1 aliphatic heterocycles. The predicted octanol–water partition coefficient (Wildman–Crippen LogP) is 2.53. The minimum atomic E-state index is -0.524. The summed E-state index contributed by atoms with van der Waals surface area (Å²) < 4.78 is 7.17. The summed E-state index contributed by atoms with van der Waals surface area (Å²) in [5, 5.41) is 4.29. The van der Waals surface area contributed by atoms with E-state index >= 15 is 0 Å². The molecule has 20 heavy (non-hydrogen) atoms. The van der Waals surface area contributed by atoms with Crippen LogP contribution < -0.4 is 0 Å². The molecule has 2 rings (SSSR count). The highest BCUT2D eigenvalue weighted by atomic mass is 16.6. The van der Waals surface area contributed by atoms with E-state index < -0.39 is 5.60 Å². The number of aromatic nitrogens is 2. The largest absolute Gasteiger partial charge is 0.444 e. The zero-order valence-corrected chi connectivity index (χ0v) is 12.6. The Morgan fingerprint density at radius 3 is 2.50 bits per heavy atom. The number of hydrogen-bond donors (Lipinski definition) is 0. The topological polar surface area (TPSA) is 64.4 Å². The van der Waals surface area contributed by atoms with E-state index in [0.29, 0.717) is 18.8 Å². The van der Waals surface area contributed by atoms with Gasteiger partial charge in [0, 0.05) is 11.6 Å². The Morgan fingerprint density at radius 2 is 2.00 bits per heavy atom. The molecule has 1 amide bonds. The Balaban J connectivity index is 2.23. The molecule has 0 saturated heterocycles. The molecule has 2 heterocycles. The summed E-state index contributed by atoms with van der Waals surface area (Å²) in [5.41, 5.74) is 1.65. The summed E-state index contributed by atoms with van der Waals surface area (Å²) in [6.07, 6.45) is 0.386. The normalized spacial score (nSPS) is 14.6. The van der Waals surface area contributed by atoms with Gasteiger partial charge >= 0.3 is 6.09 Å². The van der Waals surface area contributed by atoms with Crippen molar-refractivity contribution in [3.63, 3.8) is 0 Å². The van der Waals surface area contributed by atoms with Crippen molar-refractivity contribution in [1.82, 2.24) is 14.7 Å². The maximum Gasteiger partial charge on any atom is 0.410 e. The summed E-state index contributed by atoms with van der Waals surface area (Å²) in [7, 11) is 0. The number of nitrogens with zero attached hydrogens (tertiary/aromatic N) is 3. The fraction of sp³-hybridized carbons (Fsp3) is 0.643. The quantitative estimate of drug-likeness (QED) is 0.780. The van der Waals surface area contributed by atoms with Gasteiger partial charge in [0.05, 0.1) is 18.8 Å². The zero-order chi connectivity index (χ0) is 15.1. The first-order valence-electron chi connectivity index (χ1n) is 6.76. The number of hydrogen-bond acceptors (Lipinski definition) is 4. The van der Waals surface area contributed by atoms with E-state index in [9.17, 15) is 9.59 Å². The Bertz CT molecular complexity index is 541. The molecule has 0 spiro atoms. The minimum Gasteiger partial charge on any atom is -0.444 e. The summed E-state index contributed by atoms with van der Waals surface area (Å²) in [5.74, 6) is 0. The third kappa shape index (κ3) is 2.69. The van der Waals surface area contributed by atoms with Gasteiger partial charge in [-0.1, -0.05) is 0 Å². The van der Waals surface area contributed by atoms with E-state index in [4.69, 9.17) is 4.74 Å². The maximum atomic E-state index is 12.1. The van der Waals surface area contributed by atoms with E-state index in [2.05, 4.69) is 5.10 Å². The van der Waals surface area contributed by atoms with Crippen molar-refractivity contribution in [3.05, 3.63) is 17.0 Å². The SMILES string of the molecule is CC(C)n1nc(C=O)c2c1CN(C(=O)OC(C)(C)C)C2. The molecule has 1 aromatic heterocycles. The number of ether oxygens (including phenoxy) is 1. The van der Waals surface area contributed by atoms with Gasteiger partial charge in [-0.15, -0.1) is 0 Å². The number of fused-ring (bicyclic) bond motifs is 1. The van der Waals surface area contributed by atoms with Crippen LogP contribution in [0.3, 0.4) is 0 Å². The van der Waals surface area contributed by atoms with Crippen molar-refractivity contribution in [3.8, 4) is 0 Å². The van der Waals surface area contributed by atoms with Crippen LogP contribution in [0, 0.1) is 0 Å². The van der Waals surface area contributed by atoms with Gasteiger partial charge in [-0.25, -0.2) is 4.79 Å². The number of carbonyl (C=O) groups is 2. The van der Waals surface area contributed by atoms with Crippen molar-refractivity contribution < 1.29 is 14.3 Å². The molecule has 110 valence electrons. The van der Waals surface area contributed by atoms with Crippen LogP contribution in [0.5, 0.6) is 0 Å². The Morgan fingerprint density at radius 1 is 1.35 bits per heavy atom. The van der Waals surface area contributed by atoms with Crippen LogP contribution in [0.1, 0.15) is 62.4 Å². The zero-order valence-electron chi connectivity index (χ0n) is 12.6. The van der Waals surface area contributed by atoms with E-state index in [0.717, 1.165) is 17.5 Å². The maximum absolute atomic E-state index is 12.1. The van der Waals surface area contributed by atoms with Crippen LogP contribution in [0.15, 0.2) is 0 Å². The molecule has 0 N–H and O–H groups in total. The Hall–Kier alpha value is -1.85. The van der Waals surface area contributed by atoms with Crippen LogP contribution in [-0.2, 0) is 17.8 Å². The van der Waals surface area contributed by atoms with Crippen LogP contribution in [-0.4, -0.2) is 32.7 Å². The van der Waals surface area contributed by atoms with E-state index in [1.807, 2.05) is 39.3 Å². The molecule has 0 unspecified atom stereocenters. The number of carbonyl (C=O) groups excluding carboxylic acids is 2. The molecular weight excluding hydrogens is 258 g/mol. The van der Waals surface area contributed by atoms with Crippen LogP contribution in [0.4, 0.5) is 4.79 Å². The van der Waals surface area contributed by atoms with Gasteiger partial charge in [-0.3, -0.25) is 14.4 Å². The Kier molecular flexibility index (Phi) is 3.58. The first-order chi connectivity index (χ1) is 9.23. The van der Waals surface area contributed by atoms with Crippen LogP contribution in [0.2, 0.25) is 0 Å². The lowest BCUT2D eigenvalue weighted by Gasteiger charge is -2.24. The van der Waals surface area contributed by atoms with Gasteiger partial charge in [0.15, 0.2) is 6.29 Å². The summed E-state index contributed by atoms with van der Waals surface area (Å²) in [6.45, 7) is 10.3. The second-order valence-electron chi connectivity index (χ2n) is 6.30. The lowest BCUT2D eigenvalue weighted by molar-refractivity contribution is 0.0237. The van der Waals surface area contributed by atoms with E-state index in [1.165, 1.54) is 0 Å². The number of aldehydes is 1. The van der Waals surface area contributed by atoms with Gasteiger partial charge in [0.2, 0.25) is 0 Å². The molecule has 6 heteroatoms. The molecule has 0 bridgehead atoms. The average molecular weight is 279 g/mol. The molecule has 0 aliphatic carbocycles. The second kappa shape index (κ2) is 4.92. The monoisotopic (exact) mass is 279 g/mol. The van der Waals surface area contributed by atoms with Crippen molar-refractivity contribution in [1.29, 1.82) is 0 Å². The molecule has 1 aliphatic rings. The molecule has 6 nitrogen and oxygen atoms in total. The molecule has 0 aromatic carbocycles. The van der Waals surface area contributed by atoms with Crippen molar-refractivity contribution in [2.75, 3.05) is 0 Å². The van der Waals surface area contributed by atoms with Crippen LogP contribution in [0.25, 0.3) is 0 Å². The third-order valence-corrected chi connectivity index (χ3v) is 3.09. The van der Waals surface area contributed by atoms with Gasteiger partial charge in [-0.05, 0) is 34.6 Å². The molecule has 0 saturated carbocycles. The summed E-state index contributed by atoms with van der Waals surface area (Å²) >= 11 is 0. The smallest absolute Gasteiger partial charge is 0.410 e. The lowest BCUT2D eigenvalue weighted by atomic mass is 10.2. The molecule has 0 fully saturated rings. The summed E-state index contributed by atoms with van der Waals surface area (Å²) in [4.78, 5) is 24.8. The van der Waals surface area contributed by atoms with Gasteiger partial charge in [0.1, 0.15) is 11.3 Å². The standard InChI is InChI=1S/C14H21N3O3/c1-9(2)17-12-7-16(13(19)20-14(3,4)5)6-10(12)11(8-18)15-17/h8-9H,6-7H2,1-5H3. The fourth-order valence-electron chi connectivity index (χ4n) is 2.27. The van der Waals surface area contributed by atoms with E-state index in [-0.39, 0.29) is 12.1 Å². The average Bonchev–Trinajstić information content (AvgIpc) is 2.83. The highest BCUT2D eigenvalue weighted by Crippen LogP contribution is 2.28. The minimum absolute atomic E-state index is 0.149. The molecular formula is C14H21N3O3. The van der Waals surface area contributed by atoms with Crippen molar-refractivity contribution >= 4 is 12.4 Å².